The van der Waals surface area contributed by atoms with Gasteiger partial charge in [0.25, 0.3) is 0 Å². The molecular formula is C15H22BrNO3. The molecule has 0 bridgehead atoms. The van der Waals surface area contributed by atoms with Crippen LogP contribution in [0.25, 0.3) is 0 Å². The highest BCUT2D eigenvalue weighted by atomic mass is 79.9. The smallest absolute Gasteiger partial charge is 0.133 e. The molecule has 1 saturated heterocycles. The summed E-state index contributed by atoms with van der Waals surface area (Å²) in [6, 6.07) is 6.17. The Morgan fingerprint density at radius 1 is 1.45 bits per heavy atom. The van der Waals surface area contributed by atoms with Crippen molar-refractivity contribution < 1.29 is 14.2 Å². The first kappa shape index (κ1) is 15.8. The molecule has 0 saturated carbocycles. The molecule has 0 spiro atoms. The Labute approximate surface area is 128 Å². The van der Waals surface area contributed by atoms with Crippen molar-refractivity contribution in [3.05, 3.63) is 28.2 Å². The zero-order valence-electron chi connectivity index (χ0n) is 11.9. The van der Waals surface area contributed by atoms with Gasteiger partial charge in [0.05, 0.1) is 17.2 Å². The van der Waals surface area contributed by atoms with Crippen LogP contribution in [0, 0.1) is 0 Å². The quantitative estimate of drug-likeness (QED) is 0.736. The van der Waals surface area contributed by atoms with Crippen LogP contribution in [-0.2, 0) is 16.0 Å². The average molecular weight is 344 g/mol. The molecule has 0 amide bonds. The summed E-state index contributed by atoms with van der Waals surface area (Å²) >= 11 is 3.56. The van der Waals surface area contributed by atoms with Gasteiger partial charge in [-0.2, -0.15) is 0 Å². The van der Waals surface area contributed by atoms with E-state index in [0.29, 0.717) is 6.61 Å². The lowest BCUT2D eigenvalue weighted by Gasteiger charge is -2.13. The molecule has 1 atom stereocenters. The third kappa shape index (κ3) is 5.05. The normalized spacial score (nSPS) is 18.4. The maximum atomic E-state index is 5.81. The molecule has 20 heavy (non-hydrogen) atoms. The van der Waals surface area contributed by atoms with Gasteiger partial charge in [0.1, 0.15) is 12.4 Å². The van der Waals surface area contributed by atoms with Gasteiger partial charge in [0, 0.05) is 26.8 Å². The molecule has 1 N–H and O–H groups in total. The fraction of sp³-hybridized carbons (Fsp3) is 0.600. The van der Waals surface area contributed by atoms with Gasteiger partial charge in [0.15, 0.2) is 0 Å². The molecule has 1 aliphatic rings. The van der Waals surface area contributed by atoms with E-state index in [1.165, 1.54) is 5.56 Å². The molecule has 0 aliphatic carbocycles. The minimum atomic E-state index is 0.247. The maximum absolute atomic E-state index is 5.81. The predicted octanol–water partition coefficient (Wildman–Crippen LogP) is 2.74. The van der Waals surface area contributed by atoms with Crippen LogP contribution in [0.3, 0.4) is 0 Å². The lowest BCUT2D eigenvalue weighted by molar-refractivity contribution is 0.0677. The molecule has 1 aromatic carbocycles. The Morgan fingerprint density at radius 3 is 3.05 bits per heavy atom. The average Bonchev–Trinajstić information content (AvgIpc) is 2.96. The summed E-state index contributed by atoms with van der Waals surface area (Å²) in [6.07, 6.45) is 2.48. The number of rotatable bonds is 8. The highest BCUT2D eigenvalue weighted by Gasteiger charge is 2.16. The Morgan fingerprint density at radius 2 is 2.35 bits per heavy atom. The van der Waals surface area contributed by atoms with Crippen molar-refractivity contribution in [3.63, 3.8) is 0 Å². The number of hydrogen-bond donors (Lipinski definition) is 1. The first-order valence-electron chi connectivity index (χ1n) is 7.02. The fourth-order valence-corrected chi connectivity index (χ4v) is 2.68. The third-order valence-corrected chi connectivity index (χ3v) is 3.88. The molecule has 0 radical (unpaired) electrons. The van der Waals surface area contributed by atoms with Crippen molar-refractivity contribution in [3.8, 4) is 5.75 Å². The zero-order chi connectivity index (χ0) is 14.2. The van der Waals surface area contributed by atoms with E-state index in [2.05, 4.69) is 33.4 Å². The lowest BCUT2D eigenvalue weighted by Crippen LogP contribution is -2.18. The van der Waals surface area contributed by atoms with Crippen LogP contribution >= 0.6 is 15.9 Å². The van der Waals surface area contributed by atoms with Crippen molar-refractivity contribution in [2.75, 3.05) is 33.5 Å². The molecule has 1 fully saturated rings. The largest absolute Gasteiger partial charge is 0.490 e. The second-order valence-electron chi connectivity index (χ2n) is 4.88. The molecule has 1 unspecified atom stereocenters. The van der Waals surface area contributed by atoms with Gasteiger partial charge in [0.2, 0.25) is 0 Å². The van der Waals surface area contributed by atoms with Gasteiger partial charge in [-0.25, -0.2) is 0 Å². The maximum Gasteiger partial charge on any atom is 0.133 e. The number of hydrogen-bond acceptors (Lipinski definition) is 4. The van der Waals surface area contributed by atoms with E-state index in [1.807, 2.05) is 6.07 Å². The molecular weight excluding hydrogens is 322 g/mol. The van der Waals surface area contributed by atoms with E-state index in [1.54, 1.807) is 7.11 Å². The summed E-state index contributed by atoms with van der Waals surface area (Å²) in [7, 11) is 1.71. The van der Waals surface area contributed by atoms with Gasteiger partial charge in [-0.05, 0) is 46.5 Å². The standard InChI is InChI=1S/C15H22BrNO3/c1-18-8-6-17-10-12-4-5-15(14(16)9-12)20-11-13-3-2-7-19-13/h4-5,9,13,17H,2-3,6-8,10-11H2,1H3. The summed E-state index contributed by atoms with van der Waals surface area (Å²) in [5.41, 5.74) is 1.22. The van der Waals surface area contributed by atoms with Gasteiger partial charge >= 0.3 is 0 Å². The van der Waals surface area contributed by atoms with Crippen LogP contribution in [0.5, 0.6) is 5.75 Å². The van der Waals surface area contributed by atoms with Crippen molar-refractivity contribution in [1.82, 2.24) is 5.32 Å². The zero-order valence-corrected chi connectivity index (χ0v) is 13.4. The summed E-state index contributed by atoms with van der Waals surface area (Å²) in [4.78, 5) is 0. The molecule has 0 aromatic heterocycles. The number of nitrogens with one attached hydrogen (secondary N) is 1. The highest BCUT2D eigenvalue weighted by Crippen LogP contribution is 2.27. The minimum absolute atomic E-state index is 0.247. The molecule has 2 rings (SSSR count). The SMILES string of the molecule is COCCNCc1ccc(OCC2CCCO2)c(Br)c1. The third-order valence-electron chi connectivity index (χ3n) is 3.26. The van der Waals surface area contributed by atoms with E-state index in [0.717, 1.165) is 49.4 Å². The first-order chi connectivity index (χ1) is 9.79. The number of methoxy groups -OCH3 is 1. The molecule has 4 nitrogen and oxygen atoms in total. The van der Waals surface area contributed by atoms with E-state index >= 15 is 0 Å². The molecule has 5 heteroatoms. The van der Waals surface area contributed by atoms with Gasteiger partial charge in [-0.1, -0.05) is 6.07 Å². The van der Waals surface area contributed by atoms with Crippen LogP contribution in [0.15, 0.2) is 22.7 Å². The van der Waals surface area contributed by atoms with Gasteiger partial charge in [-0.15, -0.1) is 0 Å². The van der Waals surface area contributed by atoms with E-state index < -0.39 is 0 Å². The molecule has 1 aliphatic heterocycles. The first-order valence-corrected chi connectivity index (χ1v) is 7.81. The predicted molar refractivity (Wildman–Crippen MR) is 82.2 cm³/mol. The van der Waals surface area contributed by atoms with Gasteiger partial charge < -0.3 is 19.5 Å². The van der Waals surface area contributed by atoms with Crippen molar-refractivity contribution in [2.45, 2.75) is 25.5 Å². The second-order valence-corrected chi connectivity index (χ2v) is 5.73. The van der Waals surface area contributed by atoms with Crippen molar-refractivity contribution in [2.24, 2.45) is 0 Å². The van der Waals surface area contributed by atoms with Crippen LogP contribution < -0.4 is 10.1 Å². The van der Waals surface area contributed by atoms with Crippen LogP contribution in [0.4, 0.5) is 0 Å². The summed E-state index contributed by atoms with van der Waals surface area (Å²) in [5.74, 6) is 0.876. The fourth-order valence-electron chi connectivity index (χ4n) is 2.14. The summed E-state index contributed by atoms with van der Waals surface area (Å²) in [5, 5.41) is 3.32. The number of benzene rings is 1. The van der Waals surface area contributed by atoms with E-state index in [4.69, 9.17) is 14.2 Å². The Balaban J connectivity index is 1.78. The number of halogens is 1. The second kappa shape index (κ2) is 8.62. The molecule has 1 heterocycles. The Bertz CT molecular complexity index is 408. The molecule has 1 aromatic rings. The van der Waals surface area contributed by atoms with Crippen LogP contribution in [0.2, 0.25) is 0 Å². The van der Waals surface area contributed by atoms with Crippen molar-refractivity contribution in [1.29, 1.82) is 0 Å². The highest BCUT2D eigenvalue weighted by molar-refractivity contribution is 9.10. The number of ether oxygens (including phenoxy) is 3. The van der Waals surface area contributed by atoms with E-state index in [-0.39, 0.29) is 6.10 Å². The Kier molecular flexibility index (Phi) is 6.79. The molecule has 112 valence electrons. The topological polar surface area (TPSA) is 39.7 Å². The monoisotopic (exact) mass is 343 g/mol. The minimum Gasteiger partial charge on any atom is -0.490 e. The summed E-state index contributed by atoms with van der Waals surface area (Å²) < 4.78 is 17.3. The van der Waals surface area contributed by atoms with Crippen LogP contribution in [-0.4, -0.2) is 39.6 Å². The Hall–Kier alpha value is -0.620. The van der Waals surface area contributed by atoms with Crippen molar-refractivity contribution >= 4 is 15.9 Å². The van der Waals surface area contributed by atoms with Gasteiger partial charge in [-0.3, -0.25) is 0 Å². The van der Waals surface area contributed by atoms with E-state index in [9.17, 15) is 0 Å². The lowest BCUT2D eigenvalue weighted by atomic mass is 10.2. The van der Waals surface area contributed by atoms with Crippen LogP contribution in [0.1, 0.15) is 18.4 Å². The summed E-state index contributed by atoms with van der Waals surface area (Å²) in [6.45, 7) is 3.90.